The van der Waals surface area contributed by atoms with Crippen LogP contribution < -0.4 is 10.0 Å². The topological polar surface area (TPSA) is 44.5 Å². The van der Waals surface area contributed by atoms with Crippen LogP contribution in [-0.4, -0.2) is 0 Å². The maximum atomic E-state index is 5.85. The summed E-state index contributed by atoms with van der Waals surface area (Å²) >= 11 is 0. The van der Waals surface area contributed by atoms with Crippen molar-refractivity contribution in [2.24, 2.45) is 5.50 Å². The molecule has 17 heavy (non-hydrogen) atoms. The minimum Gasteiger partial charge on any atom is -0.427 e. The molecule has 0 bridgehead atoms. The lowest BCUT2D eigenvalue weighted by atomic mass is 10.0. The fourth-order valence-electron chi connectivity index (χ4n) is 1.86. The Morgan fingerprint density at radius 2 is 2.06 bits per heavy atom. The van der Waals surface area contributed by atoms with E-state index in [4.69, 9.17) is 14.6 Å². The predicted octanol–water partition coefficient (Wildman–Crippen LogP) is 3.51. The molecule has 86 valence electrons. The van der Waals surface area contributed by atoms with Crippen LogP contribution in [0.15, 0.2) is 53.8 Å². The fourth-order valence-corrected chi connectivity index (χ4v) is 2.63. The van der Waals surface area contributed by atoms with E-state index in [9.17, 15) is 0 Å². The Kier molecular flexibility index (Phi) is 2.71. The molecule has 0 spiro atoms. The first-order valence-corrected chi connectivity index (χ1v) is 6.65. The highest BCUT2D eigenvalue weighted by atomic mass is 31.2. The number of fused-ring (bicyclic) bond motifs is 2. The minimum atomic E-state index is -1.41. The van der Waals surface area contributed by atoms with Crippen molar-refractivity contribution in [2.75, 3.05) is 0 Å². The summed E-state index contributed by atoms with van der Waals surface area (Å²) in [7, 11) is -1.41. The second-order valence-electron chi connectivity index (χ2n) is 3.84. The van der Waals surface area contributed by atoms with Gasteiger partial charge in [0.15, 0.2) is 0 Å². The summed E-state index contributed by atoms with van der Waals surface area (Å²) in [5.74, 6) is 1.60. The maximum absolute atomic E-state index is 5.85. The standard InChI is InChI=1S/C13H12NO2P/c14-17-15-12-7-3-1-5-10(12)9-11-6-2-4-8-13(11)16-17/h1-5,7-9H,6,14H2/b11-9-. The maximum Gasteiger partial charge on any atom is 0.378 e. The highest BCUT2D eigenvalue weighted by Gasteiger charge is 2.19. The zero-order chi connectivity index (χ0) is 11.7. The molecule has 0 aromatic heterocycles. The second kappa shape index (κ2) is 4.36. The average molecular weight is 245 g/mol. The van der Waals surface area contributed by atoms with E-state index in [1.807, 2.05) is 36.4 Å². The highest BCUT2D eigenvalue weighted by Crippen LogP contribution is 2.42. The smallest absolute Gasteiger partial charge is 0.378 e. The summed E-state index contributed by atoms with van der Waals surface area (Å²) < 4.78 is 11.2. The molecule has 1 heterocycles. The van der Waals surface area contributed by atoms with Gasteiger partial charge in [-0.15, -0.1) is 0 Å². The van der Waals surface area contributed by atoms with Crippen LogP contribution in [0.5, 0.6) is 5.75 Å². The van der Waals surface area contributed by atoms with Crippen molar-refractivity contribution in [1.82, 2.24) is 0 Å². The number of benzene rings is 1. The van der Waals surface area contributed by atoms with Gasteiger partial charge in [-0.25, -0.2) is 5.50 Å². The van der Waals surface area contributed by atoms with Gasteiger partial charge >= 0.3 is 8.53 Å². The van der Waals surface area contributed by atoms with E-state index in [-0.39, 0.29) is 0 Å². The molecule has 1 aliphatic carbocycles. The first-order chi connectivity index (χ1) is 8.33. The number of rotatable bonds is 0. The van der Waals surface area contributed by atoms with Gasteiger partial charge in [0.25, 0.3) is 0 Å². The third kappa shape index (κ3) is 2.12. The molecule has 0 fully saturated rings. The third-order valence-corrected chi connectivity index (χ3v) is 3.42. The Balaban J connectivity index is 2.11. The summed E-state index contributed by atoms with van der Waals surface area (Å²) in [5.41, 5.74) is 8.04. The molecule has 0 saturated heterocycles. The molecule has 1 unspecified atom stereocenters. The molecular formula is C13H12NO2P. The number of para-hydroxylation sites is 1. The Morgan fingerprint density at radius 3 is 3.00 bits per heavy atom. The van der Waals surface area contributed by atoms with Crippen LogP contribution in [0.3, 0.4) is 0 Å². The van der Waals surface area contributed by atoms with Crippen molar-refractivity contribution in [1.29, 1.82) is 0 Å². The largest absolute Gasteiger partial charge is 0.427 e. The first-order valence-electron chi connectivity index (χ1n) is 5.40. The predicted molar refractivity (Wildman–Crippen MR) is 69.1 cm³/mol. The first kappa shape index (κ1) is 10.6. The molecule has 1 atom stereocenters. The van der Waals surface area contributed by atoms with Gasteiger partial charge in [-0.05, 0) is 30.2 Å². The Hall–Kier alpha value is -1.57. The molecule has 1 aromatic carbocycles. The molecule has 0 amide bonds. The Morgan fingerprint density at radius 1 is 1.18 bits per heavy atom. The van der Waals surface area contributed by atoms with Gasteiger partial charge in [0.05, 0.1) is 0 Å². The van der Waals surface area contributed by atoms with Crippen molar-refractivity contribution >= 4 is 14.6 Å². The van der Waals surface area contributed by atoms with Crippen molar-refractivity contribution in [3.8, 4) is 5.75 Å². The number of hydrogen-bond donors (Lipinski definition) is 1. The third-order valence-electron chi connectivity index (χ3n) is 2.66. The molecule has 1 aliphatic heterocycles. The molecule has 3 rings (SSSR count). The SMILES string of the molecule is NP1OC2=CC=CC/C2=C/c2ccccc2O1. The number of hydrogen-bond acceptors (Lipinski definition) is 3. The normalized spacial score (nSPS) is 24.9. The molecule has 2 aliphatic rings. The molecule has 0 saturated carbocycles. The summed E-state index contributed by atoms with van der Waals surface area (Å²) in [5, 5.41) is 0. The molecule has 2 N–H and O–H groups in total. The van der Waals surface area contributed by atoms with Gasteiger partial charge in [-0.3, -0.25) is 0 Å². The zero-order valence-electron chi connectivity index (χ0n) is 9.17. The van der Waals surface area contributed by atoms with Gasteiger partial charge in [-0.2, -0.15) is 0 Å². The highest BCUT2D eigenvalue weighted by molar-refractivity contribution is 7.45. The van der Waals surface area contributed by atoms with Crippen LogP contribution in [0.2, 0.25) is 0 Å². The fraction of sp³-hybridized carbons (Fsp3) is 0.0769. The Bertz CT molecular complexity index is 534. The Labute approximate surface area is 101 Å². The van der Waals surface area contributed by atoms with Crippen LogP contribution in [0.4, 0.5) is 0 Å². The van der Waals surface area contributed by atoms with Crippen LogP contribution in [-0.2, 0) is 4.52 Å². The number of nitrogens with two attached hydrogens (primary N) is 1. The number of allylic oxidation sites excluding steroid dienone is 4. The van der Waals surface area contributed by atoms with E-state index in [2.05, 4.69) is 12.2 Å². The quantitative estimate of drug-likeness (QED) is 0.711. The summed E-state index contributed by atoms with van der Waals surface area (Å²) in [6.07, 6.45) is 8.96. The van der Waals surface area contributed by atoms with Crippen molar-refractivity contribution in [2.45, 2.75) is 6.42 Å². The van der Waals surface area contributed by atoms with Gasteiger partial charge in [0.2, 0.25) is 0 Å². The van der Waals surface area contributed by atoms with Crippen LogP contribution in [0.25, 0.3) is 6.08 Å². The molecule has 1 aromatic rings. The summed E-state index contributed by atoms with van der Waals surface area (Å²) in [6.45, 7) is 0. The van der Waals surface area contributed by atoms with Gasteiger partial charge in [-0.1, -0.05) is 30.4 Å². The van der Waals surface area contributed by atoms with Crippen LogP contribution >= 0.6 is 8.53 Å². The minimum absolute atomic E-state index is 0.780. The molecule has 0 radical (unpaired) electrons. The lowest BCUT2D eigenvalue weighted by molar-refractivity contribution is 0.409. The van der Waals surface area contributed by atoms with Crippen LogP contribution in [0, 0.1) is 0 Å². The molecule has 3 nitrogen and oxygen atoms in total. The van der Waals surface area contributed by atoms with Crippen LogP contribution in [0.1, 0.15) is 12.0 Å². The van der Waals surface area contributed by atoms with E-state index in [1.54, 1.807) is 0 Å². The van der Waals surface area contributed by atoms with E-state index >= 15 is 0 Å². The lowest BCUT2D eigenvalue weighted by Crippen LogP contribution is -2.07. The average Bonchev–Trinajstić information content (AvgIpc) is 2.31. The zero-order valence-corrected chi connectivity index (χ0v) is 10.1. The van der Waals surface area contributed by atoms with Gasteiger partial charge in [0, 0.05) is 5.56 Å². The summed E-state index contributed by atoms with van der Waals surface area (Å²) in [6, 6.07) is 7.85. The van der Waals surface area contributed by atoms with Crippen molar-refractivity contribution < 1.29 is 9.05 Å². The summed E-state index contributed by atoms with van der Waals surface area (Å²) in [4.78, 5) is 0. The van der Waals surface area contributed by atoms with E-state index in [0.717, 1.165) is 29.1 Å². The van der Waals surface area contributed by atoms with Crippen molar-refractivity contribution in [3.63, 3.8) is 0 Å². The monoisotopic (exact) mass is 245 g/mol. The second-order valence-corrected chi connectivity index (χ2v) is 4.77. The van der Waals surface area contributed by atoms with Crippen molar-refractivity contribution in [3.05, 3.63) is 59.4 Å². The van der Waals surface area contributed by atoms with E-state index in [0.29, 0.717) is 0 Å². The molecule has 4 heteroatoms. The lowest BCUT2D eigenvalue weighted by Gasteiger charge is -2.22. The van der Waals surface area contributed by atoms with Gasteiger partial charge < -0.3 is 9.05 Å². The van der Waals surface area contributed by atoms with Gasteiger partial charge in [0.1, 0.15) is 11.5 Å². The van der Waals surface area contributed by atoms with E-state index < -0.39 is 8.53 Å². The molecular weight excluding hydrogens is 233 g/mol. The van der Waals surface area contributed by atoms with E-state index in [1.165, 1.54) is 0 Å².